The van der Waals surface area contributed by atoms with E-state index in [9.17, 15) is 19.0 Å². The molecule has 0 aliphatic carbocycles. The minimum Gasteiger partial charge on any atom is -0.756 e. The fourth-order valence-corrected chi connectivity index (χ4v) is 6.87. The third kappa shape index (κ3) is 49.9. The Morgan fingerprint density at radius 3 is 1.35 bits per heavy atom. The van der Waals surface area contributed by atoms with Gasteiger partial charge < -0.3 is 27.9 Å². The third-order valence-electron chi connectivity index (χ3n) is 10.0. The smallest absolute Gasteiger partial charge is 0.306 e. The standard InChI is InChI=1S/C55H92NO8P/c1-6-8-10-12-14-16-18-20-22-24-26-27-28-29-30-32-34-36-38-40-42-44-46-48-55(58)64-53(52-63-65(59,60)62-50-49-56(3,4)5)51-61-54(57)47-45-43-41-39-37-35-33-31-25-23-21-19-17-15-13-11-9-7-2/h8,10,14,16-17,19-20,22-23,25-27,29-30,34,36,40,42,53H,6-7,9,11-13,15,18,21,24,28,31-33,35,37-39,41,43-52H2,1-5H3/b10-8-,16-14-,19-17-,22-20-,25-23-,27-26-,30-29-,36-34-,42-40-. The third-order valence-corrected chi connectivity index (χ3v) is 11.0. The molecular formula is C55H92NO8P. The first-order chi connectivity index (χ1) is 31.5. The summed E-state index contributed by atoms with van der Waals surface area (Å²) in [5.41, 5.74) is 0. The van der Waals surface area contributed by atoms with Crippen molar-refractivity contribution in [2.24, 2.45) is 0 Å². The van der Waals surface area contributed by atoms with Crippen LogP contribution in [0, 0.1) is 0 Å². The number of ether oxygens (including phenoxy) is 2. The summed E-state index contributed by atoms with van der Waals surface area (Å²) in [7, 11) is 1.10. The number of quaternary nitrogens is 1. The molecule has 10 heteroatoms. The quantitative estimate of drug-likeness (QED) is 0.0195. The molecule has 0 saturated carbocycles. The van der Waals surface area contributed by atoms with E-state index in [-0.39, 0.29) is 26.1 Å². The molecule has 65 heavy (non-hydrogen) atoms. The summed E-state index contributed by atoms with van der Waals surface area (Å²) < 4.78 is 33.9. The minimum atomic E-state index is -4.66. The molecule has 0 aromatic carbocycles. The monoisotopic (exact) mass is 926 g/mol. The van der Waals surface area contributed by atoms with Crippen LogP contribution in [0.3, 0.4) is 0 Å². The lowest BCUT2D eigenvalue weighted by molar-refractivity contribution is -0.870. The fraction of sp³-hybridized carbons (Fsp3) is 0.636. The van der Waals surface area contributed by atoms with Crippen LogP contribution >= 0.6 is 7.82 Å². The second-order valence-electron chi connectivity index (χ2n) is 17.4. The van der Waals surface area contributed by atoms with E-state index >= 15 is 0 Å². The molecule has 370 valence electrons. The SMILES string of the molecule is CC/C=C\C/C=C\C/C=C\C/C=C\C/C=C\C/C=C\C/C=C\CCCC(=O)OC(COC(=O)CCCCCCCCC/C=C\C/C=C\CCCCCC)COP(=O)([O-])OCC[N+](C)(C)C. The molecule has 0 radical (unpaired) electrons. The Morgan fingerprint density at radius 1 is 0.492 bits per heavy atom. The van der Waals surface area contributed by atoms with Crippen molar-refractivity contribution in [2.75, 3.05) is 47.5 Å². The number of allylic oxidation sites excluding steroid dienone is 18. The van der Waals surface area contributed by atoms with E-state index < -0.39 is 32.5 Å². The van der Waals surface area contributed by atoms with Crippen LogP contribution in [0.25, 0.3) is 0 Å². The minimum absolute atomic E-state index is 0.0495. The lowest BCUT2D eigenvalue weighted by Gasteiger charge is -2.28. The van der Waals surface area contributed by atoms with E-state index in [1.807, 2.05) is 27.2 Å². The Morgan fingerprint density at radius 2 is 0.892 bits per heavy atom. The average Bonchev–Trinajstić information content (AvgIpc) is 3.26. The molecule has 0 aromatic heterocycles. The number of nitrogens with zero attached hydrogens (tertiary/aromatic N) is 1. The van der Waals surface area contributed by atoms with Gasteiger partial charge in [-0.3, -0.25) is 14.2 Å². The first-order valence-electron chi connectivity index (χ1n) is 25.1. The number of carbonyl (C=O) groups is 2. The van der Waals surface area contributed by atoms with Gasteiger partial charge in [-0.15, -0.1) is 0 Å². The summed E-state index contributed by atoms with van der Waals surface area (Å²) in [5.74, 6) is -0.922. The lowest BCUT2D eigenvalue weighted by atomic mass is 10.1. The van der Waals surface area contributed by atoms with Crippen LogP contribution in [-0.4, -0.2) is 70.0 Å². The fourth-order valence-electron chi connectivity index (χ4n) is 6.14. The summed E-state index contributed by atoms with van der Waals surface area (Å²) in [5, 5.41) is 0. The van der Waals surface area contributed by atoms with Crippen LogP contribution in [0.5, 0.6) is 0 Å². The molecule has 0 saturated heterocycles. The van der Waals surface area contributed by atoms with Gasteiger partial charge in [0.15, 0.2) is 6.10 Å². The van der Waals surface area contributed by atoms with Crippen LogP contribution in [-0.2, 0) is 32.7 Å². The first-order valence-corrected chi connectivity index (χ1v) is 26.6. The van der Waals surface area contributed by atoms with Crippen molar-refractivity contribution in [3.63, 3.8) is 0 Å². The molecule has 0 aliphatic rings. The second kappa shape index (κ2) is 45.8. The number of hydrogen-bond donors (Lipinski definition) is 0. The zero-order valence-corrected chi connectivity index (χ0v) is 42.5. The Labute approximate surface area is 397 Å². The largest absolute Gasteiger partial charge is 0.756 e. The summed E-state index contributed by atoms with van der Waals surface area (Å²) in [6, 6.07) is 0. The molecule has 0 bridgehead atoms. The van der Waals surface area contributed by atoms with E-state index in [0.29, 0.717) is 30.3 Å². The topological polar surface area (TPSA) is 111 Å². The summed E-state index contributed by atoms with van der Waals surface area (Å²) in [6.45, 7) is 4.00. The van der Waals surface area contributed by atoms with Crippen molar-refractivity contribution in [3.8, 4) is 0 Å². The molecule has 0 heterocycles. The van der Waals surface area contributed by atoms with Crippen LogP contribution in [0.4, 0.5) is 0 Å². The number of unbranched alkanes of at least 4 members (excludes halogenated alkanes) is 12. The molecule has 0 spiro atoms. The number of rotatable bonds is 44. The summed E-state index contributed by atoms with van der Waals surface area (Å²) in [6.07, 6.45) is 62.7. The highest BCUT2D eigenvalue weighted by Crippen LogP contribution is 2.38. The molecule has 0 rings (SSSR count). The molecule has 0 aromatic rings. The zero-order valence-electron chi connectivity index (χ0n) is 41.6. The van der Waals surface area contributed by atoms with E-state index in [2.05, 4.69) is 117 Å². The highest BCUT2D eigenvalue weighted by atomic mass is 31.2. The van der Waals surface area contributed by atoms with Gasteiger partial charge in [0.2, 0.25) is 0 Å². The Bertz CT molecular complexity index is 1470. The van der Waals surface area contributed by atoms with Crippen molar-refractivity contribution in [1.82, 2.24) is 0 Å². The van der Waals surface area contributed by atoms with Crippen molar-refractivity contribution in [2.45, 2.75) is 180 Å². The Kier molecular flexibility index (Phi) is 43.5. The molecule has 0 amide bonds. The van der Waals surface area contributed by atoms with Gasteiger partial charge in [0.05, 0.1) is 27.7 Å². The molecule has 2 unspecified atom stereocenters. The van der Waals surface area contributed by atoms with Gasteiger partial charge in [0, 0.05) is 12.8 Å². The number of hydrogen-bond acceptors (Lipinski definition) is 8. The van der Waals surface area contributed by atoms with Crippen LogP contribution < -0.4 is 4.89 Å². The van der Waals surface area contributed by atoms with Crippen LogP contribution in [0.15, 0.2) is 109 Å². The van der Waals surface area contributed by atoms with Crippen molar-refractivity contribution in [3.05, 3.63) is 109 Å². The van der Waals surface area contributed by atoms with Gasteiger partial charge in [-0.05, 0) is 96.3 Å². The number of esters is 2. The highest BCUT2D eigenvalue weighted by Gasteiger charge is 2.21. The molecule has 0 aliphatic heterocycles. The summed E-state index contributed by atoms with van der Waals surface area (Å²) in [4.78, 5) is 37.7. The van der Waals surface area contributed by atoms with Gasteiger partial charge in [-0.1, -0.05) is 175 Å². The van der Waals surface area contributed by atoms with E-state index in [1.54, 1.807) is 0 Å². The Hall–Kier alpha value is -3.33. The number of likely N-dealkylation sites (N-methyl/N-ethyl adjacent to an activating group) is 1. The normalized spacial score (nSPS) is 14.4. The Balaban J connectivity index is 4.43. The highest BCUT2D eigenvalue weighted by molar-refractivity contribution is 7.45. The van der Waals surface area contributed by atoms with Crippen LogP contribution in [0.1, 0.15) is 174 Å². The van der Waals surface area contributed by atoms with E-state index in [4.69, 9.17) is 18.5 Å². The first kappa shape index (κ1) is 61.7. The lowest BCUT2D eigenvalue weighted by Crippen LogP contribution is -2.37. The molecule has 0 fully saturated rings. The molecule has 9 nitrogen and oxygen atoms in total. The van der Waals surface area contributed by atoms with E-state index in [0.717, 1.165) is 77.0 Å². The van der Waals surface area contributed by atoms with Gasteiger partial charge in [-0.2, -0.15) is 0 Å². The zero-order chi connectivity index (χ0) is 47.8. The van der Waals surface area contributed by atoms with E-state index in [1.165, 1.54) is 51.4 Å². The molecule has 0 N–H and O–H groups in total. The van der Waals surface area contributed by atoms with Gasteiger partial charge in [0.1, 0.15) is 19.8 Å². The van der Waals surface area contributed by atoms with Crippen molar-refractivity contribution < 1.29 is 42.1 Å². The van der Waals surface area contributed by atoms with Gasteiger partial charge in [-0.25, -0.2) is 0 Å². The van der Waals surface area contributed by atoms with Gasteiger partial charge in [0.25, 0.3) is 7.82 Å². The second-order valence-corrected chi connectivity index (χ2v) is 18.9. The van der Waals surface area contributed by atoms with Crippen LogP contribution in [0.2, 0.25) is 0 Å². The molecular weight excluding hydrogens is 834 g/mol. The number of phosphoric ester groups is 1. The average molecular weight is 926 g/mol. The maximum Gasteiger partial charge on any atom is 0.306 e. The maximum absolute atomic E-state index is 12.7. The van der Waals surface area contributed by atoms with Crippen molar-refractivity contribution >= 4 is 19.8 Å². The summed E-state index contributed by atoms with van der Waals surface area (Å²) >= 11 is 0. The predicted octanol–water partition coefficient (Wildman–Crippen LogP) is 14.4. The van der Waals surface area contributed by atoms with Crippen molar-refractivity contribution in [1.29, 1.82) is 0 Å². The number of carbonyl (C=O) groups excluding carboxylic acids is 2. The maximum atomic E-state index is 12.7. The predicted molar refractivity (Wildman–Crippen MR) is 272 cm³/mol. The van der Waals surface area contributed by atoms with Gasteiger partial charge >= 0.3 is 11.9 Å². The number of phosphoric acid groups is 1. The molecule has 2 atom stereocenters.